The fraction of sp³-hybridized carbons (Fsp3) is 0. The molecule has 3 aromatic rings. The molecule has 2 aromatic heterocycles. The number of carboxylic acids is 1. The largest absolute Gasteiger partial charge is 0.477 e. The van der Waals surface area contributed by atoms with Crippen LogP contribution in [0.3, 0.4) is 0 Å². The molecule has 0 radical (unpaired) electrons. The summed E-state index contributed by atoms with van der Waals surface area (Å²) in [6.07, 6.45) is 3.17. The van der Waals surface area contributed by atoms with Crippen LogP contribution in [-0.4, -0.2) is 21.0 Å². The maximum atomic E-state index is 13.5. The standard InChI is InChI=1S/C13H9FN2O2/c14-10-3-1-2-7-9(6-16-11(7)10)8-4-5-15-12(8)13(17)18/h1-6,15-16H,(H,17,18). The monoisotopic (exact) mass is 244 g/mol. The Kier molecular flexibility index (Phi) is 2.19. The molecule has 2 heterocycles. The van der Waals surface area contributed by atoms with Gasteiger partial charge in [0, 0.05) is 28.9 Å². The third kappa shape index (κ3) is 1.41. The number of aromatic carboxylic acids is 1. The van der Waals surface area contributed by atoms with Gasteiger partial charge in [0.05, 0.1) is 5.52 Å². The lowest BCUT2D eigenvalue weighted by Gasteiger charge is -1.99. The van der Waals surface area contributed by atoms with Crippen LogP contribution in [-0.2, 0) is 0 Å². The summed E-state index contributed by atoms with van der Waals surface area (Å²) in [4.78, 5) is 16.6. The number of hydrogen-bond donors (Lipinski definition) is 3. The second kappa shape index (κ2) is 3.73. The summed E-state index contributed by atoms with van der Waals surface area (Å²) in [5.74, 6) is -1.40. The van der Waals surface area contributed by atoms with E-state index in [9.17, 15) is 9.18 Å². The molecular weight excluding hydrogens is 235 g/mol. The van der Waals surface area contributed by atoms with Crippen LogP contribution in [0.25, 0.3) is 22.0 Å². The number of aromatic nitrogens is 2. The maximum absolute atomic E-state index is 13.5. The number of H-pyrrole nitrogens is 2. The van der Waals surface area contributed by atoms with Gasteiger partial charge in [-0.1, -0.05) is 12.1 Å². The van der Waals surface area contributed by atoms with E-state index >= 15 is 0 Å². The summed E-state index contributed by atoms with van der Waals surface area (Å²) in [7, 11) is 0. The minimum Gasteiger partial charge on any atom is -0.477 e. The van der Waals surface area contributed by atoms with Crippen molar-refractivity contribution in [1.82, 2.24) is 9.97 Å². The Labute approximate surface area is 101 Å². The van der Waals surface area contributed by atoms with E-state index < -0.39 is 5.97 Å². The van der Waals surface area contributed by atoms with Crippen molar-refractivity contribution >= 4 is 16.9 Å². The molecule has 0 spiro atoms. The van der Waals surface area contributed by atoms with Crippen molar-refractivity contribution in [2.75, 3.05) is 0 Å². The zero-order chi connectivity index (χ0) is 12.7. The van der Waals surface area contributed by atoms with E-state index in [1.54, 1.807) is 30.6 Å². The highest BCUT2D eigenvalue weighted by atomic mass is 19.1. The first-order chi connectivity index (χ1) is 8.68. The van der Waals surface area contributed by atoms with Crippen LogP contribution < -0.4 is 0 Å². The first-order valence-corrected chi connectivity index (χ1v) is 5.35. The predicted octanol–water partition coefficient (Wildman–Crippen LogP) is 3.00. The van der Waals surface area contributed by atoms with E-state index in [0.717, 1.165) is 0 Å². The van der Waals surface area contributed by atoms with Gasteiger partial charge >= 0.3 is 5.97 Å². The second-order valence-corrected chi connectivity index (χ2v) is 3.94. The number of para-hydroxylation sites is 1. The summed E-state index contributed by atoms with van der Waals surface area (Å²) >= 11 is 0. The normalized spacial score (nSPS) is 10.9. The molecule has 0 saturated carbocycles. The second-order valence-electron chi connectivity index (χ2n) is 3.94. The van der Waals surface area contributed by atoms with Gasteiger partial charge in [0.25, 0.3) is 0 Å². The summed E-state index contributed by atoms with van der Waals surface area (Å²) in [6.45, 7) is 0. The fourth-order valence-electron chi connectivity index (χ4n) is 2.11. The minimum atomic E-state index is -1.04. The molecule has 18 heavy (non-hydrogen) atoms. The Hall–Kier alpha value is -2.56. The van der Waals surface area contributed by atoms with Crippen molar-refractivity contribution in [3.63, 3.8) is 0 Å². The lowest BCUT2D eigenvalue weighted by molar-refractivity contribution is 0.0692. The lowest BCUT2D eigenvalue weighted by atomic mass is 10.1. The van der Waals surface area contributed by atoms with Crippen molar-refractivity contribution in [2.45, 2.75) is 0 Å². The SMILES string of the molecule is O=C(O)c1[nH]ccc1-c1c[nH]c2c(F)cccc12. The smallest absolute Gasteiger partial charge is 0.352 e. The number of nitrogens with one attached hydrogen (secondary N) is 2. The zero-order valence-corrected chi connectivity index (χ0v) is 9.20. The van der Waals surface area contributed by atoms with E-state index in [1.165, 1.54) is 6.07 Å². The van der Waals surface area contributed by atoms with Gasteiger partial charge in [-0.3, -0.25) is 0 Å². The predicted molar refractivity (Wildman–Crippen MR) is 65.0 cm³/mol. The Balaban J connectivity index is 2.29. The number of carbonyl (C=O) groups is 1. The van der Waals surface area contributed by atoms with Gasteiger partial charge in [0.1, 0.15) is 11.5 Å². The third-order valence-electron chi connectivity index (χ3n) is 2.92. The van der Waals surface area contributed by atoms with Crippen molar-refractivity contribution in [1.29, 1.82) is 0 Å². The summed E-state index contributed by atoms with van der Waals surface area (Å²) < 4.78 is 13.5. The molecule has 4 nitrogen and oxygen atoms in total. The van der Waals surface area contributed by atoms with Crippen LogP contribution in [0.5, 0.6) is 0 Å². The van der Waals surface area contributed by atoms with Crippen LogP contribution >= 0.6 is 0 Å². The van der Waals surface area contributed by atoms with Crippen molar-refractivity contribution < 1.29 is 14.3 Å². The number of hydrogen-bond acceptors (Lipinski definition) is 1. The molecule has 0 aliphatic heterocycles. The van der Waals surface area contributed by atoms with Gasteiger partial charge in [-0.2, -0.15) is 0 Å². The van der Waals surface area contributed by atoms with Gasteiger partial charge in [-0.05, 0) is 12.1 Å². The van der Waals surface area contributed by atoms with E-state index in [1.807, 2.05) is 0 Å². The van der Waals surface area contributed by atoms with E-state index in [4.69, 9.17) is 5.11 Å². The van der Waals surface area contributed by atoms with Crippen LogP contribution in [0.1, 0.15) is 10.5 Å². The van der Waals surface area contributed by atoms with Crippen molar-refractivity contribution in [3.05, 3.63) is 48.2 Å². The van der Waals surface area contributed by atoms with Crippen molar-refractivity contribution in [3.8, 4) is 11.1 Å². The van der Waals surface area contributed by atoms with Crippen LogP contribution in [0.4, 0.5) is 4.39 Å². The summed E-state index contributed by atoms with van der Waals surface area (Å²) in [6, 6.07) is 6.37. The molecule has 0 amide bonds. The van der Waals surface area contributed by atoms with Gasteiger partial charge in [0.2, 0.25) is 0 Å². The average molecular weight is 244 g/mol. The lowest BCUT2D eigenvalue weighted by Crippen LogP contribution is -1.98. The van der Waals surface area contributed by atoms with Crippen LogP contribution in [0.2, 0.25) is 0 Å². The molecule has 90 valence electrons. The number of aromatic amines is 2. The van der Waals surface area contributed by atoms with Gasteiger partial charge in [-0.25, -0.2) is 9.18 Å². The van der Waals surface area contributed by atoms with Gasteiger partial charge in [0.15, 0.2) is 0 Å². The number of halogens is 1. The summed E-state index contributed by atoms with van der Waals surface area (Å²) in [5, 5.41) is 9.73. The highest BCUT2D eigenvalue weighted by Gasteiger charge is 2.16. The quantitative estimate of drug-likeness (QED) is 0.648. The molecule has 0 unspecified atom stereocenters. The summed E-state index contributed by atoms with van der Waals surface area (Å²) in [5.41, 5.74) is 1.69. The Morgan fingerprint density at radius 2 is 2.00 bits per heavy atom. The Morgan fingerprint density at radius 1 is 1.17 bits per heavy atom. The fourth-order valence-corrected chi connectivity index (χ4v) is 2.11. The first-order valence-electron chi connectivity index (χ1n) is 5.35. The van der Waals surface area contributed by atoms with E-state index in [-0.39, 0.29) is 11.5 Å². The number of benzene rings is 1. The van der Waals surface area contributed by atoms with Gasteiger partial charge in [-0.15, -0.1) is 0 Å². The molecule has 1 aromatic carbocycles. The molecular formula is C13H9FN2O2. The van der Waals surface area contributed by atoms with E-state index in [2.05, 4.69) is 9.97 Å². The first kappa shape index (κ1) is 10.6. The molecule has 0 aliphatic rings. The highest BCUT2D eigenvalue weighted by Crippen LogP contribution is 2.31. The van der Waals surface area contributed by atoms with Crippen molar-refractivity contribution in [2.24, 2.45) is 0 Å². The molecule has 0 saturated heterocycles. The third-order valence-corrected chi connectivity index (χ3v) is 2.92. The minimum absolute atomic E-state index is 0.0974. The maximum Gasteiger partial charge on any atom is 0.352 e. The Bertz CT molecular complexity index is 742. The number of carboxylic acid groups (broad SMARTS) is 1. The Morgan fingerprint density at radius 3 is 2.78 bits per heavy atom. The zero-order valence-electron chi connectivity index (χ0n) is 9.20. The highest BCUT2D eigenvalue weighted by molar-refractivity contribution is 6.02. The van der Waals surface area contributed by atoms with E-state index in [0.29, 0.717) is 22.0 Å². The molecule has 5 heteroatoms. The molecule has 0 bridgehead atoms. The average Bonchev–Trinajstić information content (AvgIpc) is 2.94. The number of fused-ring (bicyclic) bond motifs is 1. The molecule has 0 atom stereocenters. The molecule has 0 fully saturated rings. The topological polar surface area (TPSA) is 68.9 Å². The molecule has 3 rings (SSSR count). The molecule has 3 N–H and O–H groups in total. The molecule has 0 aliphatic carbocycles. The number of rotatable bonds is 2. The van der Waals surface area contributed by atoms with Gasteiger partial charge < -0.3 is 15.1 Å². The van der Waals surface area contributed by atoms with Crippen LogP contribution in [0, 0.1) is 5.82 Å². The van der Waals surface area contributed by atoms with Crippen LogP contribution in [0.15, 0.2) is 36.7 Å².